The summed E-state index contributed by atoms with van der Waals surface area (Å²) in [6.07, 6.45) is 0.781. The van der Waals surface area contributed by atoms with Gasteiger partial charge in [-0.25, -0.2) is 13.2 Å². The SMILES string of the molecule is COCC(=O)N1CCN(CC2(O)CCN(c3ccccc3F)CC2)C[C@@](O)(COc2cc(F)cc(F)c2)C1. The molecule has 2 N–H and O–H groups in total. The first-order valence-electron chi connectivity index (χ1n) is 12.6. The van der Waals surface area contributed by atoms with Crippen LogP contribution < -0.4 is 9.64 Å². The second kappa shape index (κ2) is 11.9. The molecule has 2 saturated heterocycles. The molecule has 2 aromatic carbocycles. The van der Waals surface area contributed by atoms with Gasteiger partial charge in [0.1, 0.15) is 42.0 Å². The Morgan fingerprint density at radius 2 is 1.63 bits per heavy atom. The van der Waals surface area contributed by atoms with Gasteiger partial charge >= 0.3 is 0 Å². The molecular formula is C27H34F3N3O5. The fraction of sp³-hybridized carbons (Fsp3) is 0.519. The third kappa shape index (κ3) is 7.16. The third-order valence-electron chi connectivity index (χ3n) is 7.06. The van der Waals surface area contributed by atoms with Gasteiger partial charge in [-0.2, -0.15) is 0 Å². The van der Waals surface area contributed by atoms with E-state index in [2.05, 4.69) is 0 Å². The predicted octanol–water partition coefficient (Wildman–Crippen LogP) is 2.04. The molecule has 2 aromatic rings. The van der Waals surface area contributed by atoms with Crippen molar-refractivity contribution in [3.05, 3.63) is 59.9 Å². The second-order valence-electron chi connectivity index (χ2n) is 10.2. The lowest BCUT2D eigenvalue weighted by molar-refractivity contribution is -0.138. The zero-order valence-corrected chi connectivity index (χ0v) is 21.4. The Labute approximate surface area is 220 Å². The van der Waals surface area contributed by atoms with Crippen molar-refractivity contribution in [2.75, 3.05) is 71.0 Å². The molecule has 4 rings (SSSR count). The first-order chi connectivity index (χ1) is 18.1. The number of nitrogens with zero attached hydrogens (tertiary/aromatic N) is 3. The molecule has 11 heteroatoms. The molecule has 1 atom stereocenters. The van der Waals surface area contributed by atoms with Crippen molar-refractivity contribution in [3.8, 4) is 5.75 Å². The summed E-state index contributed by atoms with van der Waals surface area (Å²) in [5.74, 6) is -2.33. The molecule has 38 heavy (non-hydrogen) atoms. The molecule has 0 radical (unpaired) electrons. The van der Waals surface area contributed by atoms with Gasteiger partial charge in [-0.1, -0.05) is 12.1 Å². The molecule has 0 spiro atoms. The number of methoxy groups -OCH3 is 1. The standard InChI is InChI=1S/C27H34F3N3O5/c1-37-15-25(34)33-11-10-31(17-27(36,18-33)19-38-22-13-20(28)12-21(29)14-22)16-26(35)6-8-32(9-7-26)24-5-3-2-4-23(24)30/h2-5,12-14,35-36H,6-11,15-19H2,1H3/t27-/m0/s1. The van der Waals surface area contributed by atoms with Crippen LogP contribution in [0, 0.1) is 17.5 Å². The van der Waals surface area contributed by atoms with Crippen molar-refractivity contribution < 1.29 is 37.7 Å². The minimum Gasteiger partial charge on any atom is -0.490 e. The Hall–Kier alpha value is -2.86. The number of hydrogen-bond acceptors (Lipinski definition) is 7. The van der Waals surface area contributed by atoms with Crippen molar-refractivity contribution in [1.29, 1.82) is 0 Å². The highest BCUT2D eigenvalue weighted by atomic mass is 19.1. The zero-order chi connectivity index (χ0) is 27.3. The van der Waals surface area contributed by atoms with Crippen LogP contribution in [0.5, 0.6) is 5.75 Å². The number of hydrogen-bond donors (Lipinski definition) is 2. The number of rotatable bonds is 8. The minimum absolute atomic E-state index is 0.0564. The summed E-state index contributed by atoms with van der Waals surface area (Å²) in [5.41, 5.74) is -2.18. The van der Waals surface area contributed by atoms with E-state index in [1.807, 2.05) is 9.80 Å². The zero-order valence-electron chi connectivity index (χ0n) is 21.4. The summed E-state index contributed by atoms with van der Waals surface area (Å²) in [6.45, 7) is 1.29. The molecule has 2 aliphatic heterocycles. The van der Waals surface area contributed by atoms with Gasteiger partial charge in [-0.05, 0) is 25.0 Å². The number of anilines is 1. The number of para-hydroxylation sites is 1. The number of ether oxygens (including phenoxy) is 2. The minimum atomic E-state index is -1.59. The van der Waals surface area contributed by atoms with Gasteiger partial charge < -0.3 is 29.5 Å². The van der Waals surface area contributed by atoms with Crippen LogP contribution in [0.3, 0.4) is 0 Å². The predicted molar refractivity (Wildman–Crippen MR) is 134 cm³/mol. The molecule has 1 amide bonds. The fourth-order valence-electron chi connectivity index (χ4n) is 5.17. The fourth-order valence-corrected chi connectivity index (χ4v) is 5.17. The van der Waals surface area contributed by atoms with Crippen LogP contribution in [0.4, 0.5) is 18.9 Å². The molecule has 208 valence electrons. The summed E-state index contributed by atoms with van der Waals surface area (Å²) in [6, 6.07) is 9.28. The molecule has 2 heterocycles. The van der Waals surface area contributed by atoms with E-state index < -0.39 is 22.8 Å². The average molecular weight is 538 g/mol. The number of halogens is 3. The molecule has 2 fully saturated rings. The van der Waals surface area contributed by atoms with Crippen molar-refractivity contribution >= 4 is 11.6 Å². The molecule has 0 saturated carbocycles. The number of piperidine rings is 1. The molecule has 0 unspecified atom stereocenters. The van der Waals surface area contributed by atoms with E-state index >= 15 is 0 Å². The van der Waals surface area contributed by atoms with Crippen LogP contribution in [0.2, 0.25) is 0 Å². The Kier molecular flexibility index (Phi) is 8.81. The van der Waals surface area contributed by atoms with Gasteiger partial charge in [0.15, 0.2) is 0 Å². The maximum absolute atomic E-state index is 14.2. The summed E-state index contributed by atoms with van der Waals surface area (Å²) < 4.78 is 52.0. The largest absolute Gasteiger partial charge is 0.490 e. The highest BCUT2D eigenvalue weighted by Crippen LogP contribution is 2.30. The number of benzene rings is 2. The molecule has 0 aliphatic carbocycles. The van der Waals surface area contributed by atoms with Crippen molar-refractivity contribution in [1.82, 2.24) is 9.80 Å². The topological polar surface area (TPSA) is 85.7 Å². The van der Waals surface area contributed by atoms with Gasteiger partial charge in [0.2, 0.25) is 5.91 Å². The van der Waals surface area contributed by atoms with Crippen molar-refractivity contribution in [2.24, 2.45) is 0 Å². The lowest BCUT2D eigenvalue weighted by Gasteiger charge is -2.42. The number of carbonyl (C=O) groups is 1. The first-order valence-corrected chi connectivity index (χ1v) is 12.6. The van der Waals surface area contributed by atoms with Gasteiger partial charge in [-0.3, -0.25) is 9.69 Å². The highest BCUT2D eigenvalue weighted by Gasteiger charge is 2.41. The maximum atomic E-state index is 14.2. The summed E-state index contributed by atoms with van der Waals surface area (Å²) in [7, 11) is 1.40. The number of carbonyl (C=O) groups excluding carboxylic acids is 1. The van der Waals surface area contributed by atoms with Gasteiger partial charge in [0.05, 0.1) is 17.8 Å². The molecule has 2 aliphatic rings. The van der Waals surface area contributed by atoms with Crippen molar-refractivity contribution in [3.63, 3.8) is 0 Å². The van der Waals surface area contributed by atoms with E-state index in [9.17, 15) is 28.2 Å². The first kappa shape index (κ1) is 28.2. The van der Waals surface area contributed by atoms with Gasteiger partial charge in [0, 0.05) is 64.6 Å². The van der Waals surface area contributed by atoms with E-state index in [1.54, 1.807) is 18.2 Å². The van der Waals surface area contributed by atoms with E-state index in [1.165, 1.54) is 18.1 Å². The van der Waals surface area contributed by atoms with Crippen LogP contribution in [-0.4, -0.2) is 103 Å². The van der Waals surface area contributed by atoms with Crippen molar-refractivity contribution in [2.45, 2.75) is 24.0 Å². The third-order valence-corrected chi connectivity index (χ3v) is 7.06. The molecular weight excluding hydrogens is 503 g/mol. The van der Waals surface area contributed by atoms with Crippen LogP contribution in [-0.2, 0) is 9.53 Å². The lowest BCUT2D eigenvalue weighted by Crippen LogP contribution is -2.56. The molecule has 0 aromatic heterocycles. The number of β-amino-alcohol motifs (C(OH)–C–C–N with tert-alkyl or cyclic N) is 2. The Bertz CT molecular complexity index is 1090. The van der Waals surface area contributed by atoms with Crippen LogP contribution in [0.15, 0.2) is 42.5 Å². The molecule has 0 bridgehead atoms. The number of aliphatic hydroxyl groups is 2. The van der Waals surface area contributed by atoms with E-state index in [-0.39, 0.29) is 56.9 Å². The van der Waals surface area contributed by atoms with Crippen LogP contribution in [0.25, 0.3) is 0 Å². The van der Waals surface area contributed by atoms with Gasteiger partial charge in [0.25, 0.3) is 0 Å². The maximum Gasteiger partial charge on any atom is 0.248 e. The van der Waals surface area contributed by atoms with Gasteiger partial charge in [-0.15, -0.1) is 0 Å². The quantitative estimate of drug-likeness (QED) is 0.533. The Morgan fingerprint density at radius 1 is 0.947 bits per heavy atom. The van der Waals surface area contributed by atoms with Crippen LogP contribution in [0.1, 0.15) is 12.8 Å². The normalized spacial score (nSPS) is 22.3. The van der Waals surface area contributed by atoms with Crippen LogP contribution >= 0.6 is 0 Å². The Morgan fingerprint density at radius 3 is 2.29 bits per heavy atom. The highest BCUT2D eigenvalue weighted by molar-refractivity contribution is 5.77. The number of amides is 1. The smallest absolute Gasteiger partial charge is 0.248 e. The average Bonchev–Trinajstić information content (AvgIpc) is 3.02. The monoisotopic (exact) mass is 537 g/mol. The van der Waals surface area contributed by atoms with E-state index in [0.29, 0.717) is 38.2 Å². The van der Waals surface area contributed by atoms with E-state index in [4.69, 9.17) is 9.47 Å². The summed E-state index contributed by atoms with van der Waals surface area (Å²) in [5, 5.41) is 22.9. The Balaban J connectivity index is 1.45. The summed E-state index contributed by atoms with van der Waals surface area (Å²) in [4.78, 5) is 17.8. The summed E-state index contributed by atoms with van der Waals surface area (Å²) >= 11 is 0. The molecule has 8 nitrogen and oxygen atoms in total. The van der Waals surface area contributed by atoms with E-state index in [0.717, 1.165) is 18.2 Å². The lowest BCUT2D eigenvalue weighted by atomic mass is 9.90. The second-order valence-corrected chi connectivity index (χ2v) is 10.2.